The summed E-state index contributed by atoms with van der Waals surface area (Å²) in [5, 5.41) is 14.5. The normalized spacial score (nSPS) is 18.2. The number of rotatable bonds is 8. The van der Waals surface area contributed by atoms with E-state index in [0.29, 0.717) is 31.2 Å². The van der Waals surface area contributed by atoms with Crippen molar-refractivity contribution in [2.24, 2.45) is 4.99 Å². The molecular formula is C21H29F3N6O. The van der Waals surface area contributed by atoms with E-state index < -0.39 is 11.7 Å². The predicted octanol–water partition coefficient (Wildman–Crippen LogP) is 3.33. The number of hydrogen-bond donors (Lipinski definition) is 2. The first-order valence-electron chi connectivity index (χ1n) is 10.6. The number of guanidine groups is 1. The highest BCUT2D eigenvalue weighted by atomic mass is 19.4. The number of nitrogens with one attached hydrogen (secondary N) is 2. The number of halogens is 3. The monoisotopic (exact) mass is 438 g/mol. The second kappa shape index (κ2) is 10.6. The van der Waals surface area contributed by atoms with Gasteiger partial charge in [0.2, 0.25) is 0 Å². The number of aliphatic imine (C=N–C) groups is 1. The summed E-state index contributed by atoms with van der Waals surface area (Å²) in [7, 11) is 0. The molecular weight excluding hydrogens is 409 g/mol. The van der Waals surface area contributed by atoms with E-state index in [2.05, 4.69) is 25.8 Å². The van der Waals surface area contributed by atoms with Crippen molar-refractivity contribution in [3.63, 3.8) is 0 Å². The minimum absolute atomic E-state index is 0.0759. The van der Waals surface area contributed by atoms with Crippen molar-refractivity contribution in [2.45, 2.75) is 58.0 Å². The molecule has 31 heavy (non-hydrogen) atoms. The molecule has 0 bridgehead atoms. The van der Waals surface area contributed by atoms with E-state index in [1.165, 1.54) is 12.1 Å². The Kier molecular flexibility index (Phi) is 7.89. The molecule has 0 saturated carbocycles. The lowest BCUT2D eigenvalue weighted by Crippen LogP contribution is -2.41. The van der Waals surface area contributed by atoms with Gasteiger partial charge in [-0.05, 0) is 37.5 Å². The van der Waals surface area contributed by atoms with Gasteiger partial charge < -0.3 is 19.9 Å². The standard InChI is InChI=1S/C21H29F3N6O/c1-3-19-29-27-14-30(19)10-9-25-20(26-13-18-8-5-11-31-18)28-15(2)16-6-4-7-17(12-16)21(22,23)24/h4,6-7,12,14-15,18H,3,5,8-11,13H2,1-2H3,(H2,25,26,28). The Labute approximate surface area is 180 Å². The molecule has 1 aromatic heterocycles. The Morgan fingerprint density at radius 1 is 1.39 bits per heavy atom. The van der Waals surface area contributed by atoms with Gasteiger partial charge in [0.15, 0.2) is 5.96 Å². The Hall–Kier alpha value is -2.62. The summed E-state index contributed by atoms with van der Waals surface area (Å²) in [6.45, 7) is 6.28. The van der Waals surface area contributed by atoms with Gasteiger partial charge in [0.05, 0.1) is 24.3 Å². The minimum atomic E-state index is -4.37. The zero-order chi connectivity index (χ0) is 22.3. The molecule has 1 fully saturated rings. The molecule has 2 heterocycles. The Bertz CT molecular complexity index is 861. The number of hydrogen-bond acceptors (Lipinski definition) is 4. The quantitative estimate of drug-likeness (QED) is 0.488. The first-order chi connectivity index (χ1) is 14.9. The number of aryl methyl sites for hydroxylation is 1. The van der Waals surface area contributed by atoms with Crippen LogP contribution in [-0.4, -0.2) is 46.5 Å². The molecule has 0 radical (unpaired) electrons. The maximum atomic E-state index is 13.1. The number of aromatic nitrogens is 3. The van der Waals surface area contributed by atoms with Crippen molar-refractivity contribution in [1.29, 1.82) is 0 Å². The summed E-state index contributed by atoms with van der Waals surface area (Å²) >= 11 is 0. The van der Waals surface area contributed by atoms with Gasteiger partial charge in [0, 0.05) is 26.1 Å². The molecule has 2 N–H and O–H groups in total. The van der Waals surface area contributed by atoms with E-state index >= 15 is 0 Å². The van der Waals surface area contributed by atoms with E-state index in [1.807, 2.05) is 18.4 Å². The molecule has 1 aromatic carbocycles. The fourth-order valence-corrected chi connectivity index (χ4v) is 3.44. The molecule has 2 atom stereocenters. The zero-order valence-electron chi connectivity index (χ0n) is 17.8. The van der Waals surface area contributed by atoms with Crippen LogP contribution in [0.4, 0.5) is 13.2 Å². The molecule has 2 unspecified atom stereocenters. The Balaban J connectivity index is 1.66. The van der Waals surface area contributed by atoms with Crippen LogP contribution in [0.1, 0.15) is 49.7 Å². The fourth-order valence-electron chi connectivity index (χ4n) is 3.44. The molecule has 1 aliphatic heterocycles. The second-order valence-electron chi connectivity index (χ2n) is 7.53. The van der Waals surface area contributed by atoms with Crippen molar-refractivity contribution in [3.8, 4) is 0 Å². The van der Waals surface area contributed by atoms with Gasteiger partial charge in [-0.25, -0.2) is 0 Å². The van der Waals surface area contributed by atoms with Crippen molar-refractivity contribution in [2.75, 3.05) is 19.7 Å². The third kappa shape index (κ3) is 6.68. The summed E-state index contributed by atoms with van der Waals surface area (Å²) in [5.74, 6) is 1.43. The third-order valence-corrected chi connectivity index (χ3v) is 5.20. The maximum absolute atomic E-state index is 13.1. The molecule has 0 spiro atoms. The zero-order valence-corrected chi connectivity index (χ0v) is 17.8. The molecule has 0 aliphatic carbocycles. The second-order valence-corrected chi connectivity index (χ2v) is 7.53. The SMILES string of the molecule is CCc1nncn1CCNC(=NCC1CCCO1)NC(C)c1cccc(C(F)(F)F)c1. The maximum Gasteiger partial charge on any atom is 0.416 e. The van der Waals surface area contributed by atoms with Gasteiger partial charge in [-0.15, -0.1) is 10.2 Å². The van der Waals surface area contributed by atoms with Crippen LogP contribution in [0.2, 0.25) is 0 Å². The van der Waals surface area contributed by atoms with Crippen LogP contribution in [0.3, 0.4) is 0 Å². The summed E-state index contributed by atoms with van der Waals surface area (Å²) in [5.41, 5.74) is -0.127. The van der Waals surface area contributed by atoms with E-state index in [4.69, 9.17) is 4.74 Å². The predicted molar refractivity (Wildman–Crippen MR) is 112 cm³/mol. The van der Waals surface area contributed by atoms with Crippen LogP contribution in [0.5, 0.6) is 0 Å². The first kappa shape index (κ1) is 23.1. The van der Waals surface area contributed by atoms with Gasteiger partial charge in [-0.3, -0.25) is 4.99 Å². The highest BCUT2D eigenvalue weighted by Crippen LogP contribution is 2.30. The number of ether oxygens (including phenoxy) is 1. The van der Waals surface area contributed by atoms with Crippen molar-refractivity contribution in [1.82, 2.24) is 25.4 Å². The number of benzene rings is 1. The highest BCUT2D eigenvalue weighted by Gasteiger charge is 2.30. The molecule has 170 valence electrons. The van der Waals surface area contributed by atoms with Crippen LogP contribution in [-0.2, 0) is 23.9 Å². The number of alkyl halides is 3. The van der Waals surface area contributed by atoms with Crippen molar-refractivity contribution >= 4 is 5.96 Å². The van der Waals surface area contributed by atoms with E-state index in [1.54, 1.807) is 12.4 Å². The summed E-state index contributed by atoms with van der Waals surface area (Å²) in [4.78, 5) is 4.61. The van der Waals surface area contributed by atoms with Crippen LogP contribution in [0.15, 0.2) is 35.6 Å². The Morgan fingerprint density at radius 2 is 2.23 bits per heavy atom. The lowest BCUT2D eigenvalue weighted by atomic mass is 10.1. The van der Waals surface area contributed by atoms with Crippen LogP contribution in [0, 0.1) is 0 Å². The van der Waals surface area contributed by atoms with Gasteiger partial charge in [0.1, 0.15) is 12.2 Å². The van der Waals surface area contributed by atoms with Gasteiger partial charge in [-0.1, -0.05) is 19.1 Å². The average Bonchev–Trinajstić information content (AvgIpc) is 3.43. The van der Waals surface area contributed by atoms with E-state index in [9.17, 15) is 13.2 Å². The molecule has 2 aromatic rings. The molecule has 10 heteroatoms. The molecule has 1 saturated heterocycles. The van der Waals surface area contributed by atoms with Crippen molar-refractivity contribution < 1.29 is 17.9 Å². The smallest absolute Gasteiger partial charge is 0.376 e. The topological polar surface area (TPSA) is 76.4 Å². The molecule has 3 rings (SSSR count). The molecule has 0 amide bonds. The minimum Gasteiger partial charge on any atom is -0.376 e. The molecule has 7 nitrogen and oxygen atoms in total. The van der Waals surface area contributed by atoms with Crippen LogP contribution in [0.25, 0.3) is 0 Å². The largest absolute Gasteiger partial charge is 0.416 e. The van der Waals surface area contributed by atoms with E-state index in [-0.39, 0.29) is 12.1 Å². The summed E-state index contributed by atoms with van der Waals surface area (Å²) in [6.07, 6.45) is 0.144. The fraction of sp³-hybridized carbons (Fsp3) is 0.571. The lowest BCUT2D eigenvalue weighted by Gasteiger charge is -2.20. The van der Waals surface area contributed by atoms with Crippen molar-refractivity contribution in [3.05, 3.63) is 47.5 Å². The first-order valence-corrected chi connectivity index (χ1v) is 10.6. The molecule has 1 aliphatic rings. The third-order valence-electron chi connectivity index (χ3n) is 5.20. The van der Waals surface area contributed by atoms with Gasteiger partial charge in [-0.2, -0.15) is 13.2 Å². The highest BCUT2D eigenvalue weighted by molar-refractivity contribution is 5.80. The van der Waals surface area contributed by atoms with Gasteiger partial charge >= 0.3 is 6.18 Å². The average molecular weight is 438 g/mol. The number of nitrogens with zero attached hydrogens (tertiary/aromatic N) is 4. The van der Waals surface area contributed by atoms with Crippen LogP contribution < -0.4 is 10.6 Å². The Morgan fingerprint density at radius 3 is 2.94 bits per heavy atom. The lowest BCUT2D eigenvalue weighted by molar-refractivity contribution is -0.137. The summed E-state index contributed by atoms with van der Waals surface area (Å²) < 4.78 is 46.8. The van der Waals surface area contributed by atoms with Crippen LogP contribution >= 0.6 is 0 Å². The summed E-state index contributed by atoms with van der Waals surface area (Å²) in [6, 6.07) is 4.98. The van der Waals surface area contributed by atoms with E-state index in [0.717, 1.165) is 37.8 Å². The van der Waals surface area contributed by atoms with Gasteiger partial charge in [0.25, 0.3) is 0 Å².